The maximum Gasteiger partial charge on any atom is 0.411 e. The number of hydrogen-bond donors (Lipinski definition) is 1. The Morgan fingerprint density at radius 2 is 1.71 bits per heavy atom. The fourth-order valence-corrected chi connectivity index (χ4v) is 3.65. The van der Waals surface area contributed by atoms with Crippen LogP contribution in [0.25, 0.3) is 0 Å². The van der Waals surface area contributed by atoms with Gasteiger partial charge in [-0.25, -0.2) is 4.79 Å². The summed E-state index contributed by atoms with van der Waals surface area (Å²) in [6.07, 6.45) is 2.77. The zero-order chi connectivity index (χ0) is 21.4. The molecule has 4 nitrogen and oxygen atoms in total. The van der Waals surface area contributed by atoms with Crippen LogP contribution < -0.4 is 0 Å². The highest BCUT2D eigenvalue weighted by molar-refractivity contribution is 8.00. The average molecular weight is 410 g/mol. The van der Waals surface area contributed by atoms with Crippen LogP contribution in [0.15, 0.2) is 30.3 Å². The summed E-state index contributed by atoms with van der Waals surface area (Å²) in [6.45, 7) is 14.2. The molecule has 1 amide bonds. The smallest absolute Gasteiger partial charge is 0.411 e. The fourth-order valence-electron chi connectivity index (χ4n) is 2.83. The molecule has 160 valence electrons. The number of aliphatic hydroxyl groups is 1. The quantitative estimate of drug-likeness (QED) is 0.379. The molecule has 0 aliphatic carbocycles. The van der Waals surface area contributed by atoms with E-state index >= 15 is 0 Å². The number of ether oxygens (including phenoxy) is 1. The lowest BCUT2D eigenvalue weighted by Gasteiger charge is -2.37. The first kappa shape index (κ1) is 24.8. The van der Waals surface area contributed by atoms with Crippen molar-refractivity contribution < 1.29 is 14.6 Å². The maximum atomic E-state index is 13.1. The summed E-state index contributed by atoms with van der Waals surface area (Å²) in [4.78, 5) is 14.8. The van der Waals surface area contributed by atoms with E-state index in [0.717, 1.165) is 31.2 Å². The van der Waals surface area contributed by atoms with Crippen molar-refractivity contribution in [3.63, 3.8) is 0 Å². The number of carbonyl (C=O) groups excluding carboxylic acids is 1. The molecule has 0 saturated carbocycles. The molecular weight excluding hydrogens is 370 g/mol. The third-order valence-electron chi connectivity index (χ3n) is 4.27. The van der Waals surface area contributed by atoms with Crippen molar-refractivity contribution in [3.8, 4) is 0 Å². The van der Waals surface area contributed by atoms with Crippen LogP contribution in [0.5, 0.6) is 0 Å². The topological polar surface area (TPSA) is 49.8 Å². The standard InChI is InChI=1S/C23H39NO3S/c1-8-9-11-16-19(20(25)18-14-12-10-13-15-18)24(17-28-23(5,6)7)21(26)27-22(2,3)4/h10,12-15,19-20,25H,8-9,11,16-17H2,1-7H3/t19-,20+/m0/s1. The van der Waals surface area contributed by atoms with Crippen LogP contribution in [0, 0.1) is 0 Å². The van der Waals surface area contributed by atoms with Gasteiger partial charge in [0.25, 0.3) is 0 Å². The van der Waals surface area contributed by atoms with E-state index in [2.05, 4.69) is 27.7 Å². The Labute approximate surface area is 176 Å². The van der Waals surface area contributed by atoms with Gasteiger partial charge in [0, 0.05) is 4.75 Å². The molecule has 0 fully saturated rings. The van der Waals surface area contributed by atoms with E-state index in [1.54, 1.807) is 16.7 Å². The molecule has 1 aromatic carbocycles. The van der Waals surface area contributed by atoms with Gasteiger partial charge in [0.15, 0.2) is 0 Å². The maximum absolute atomic E-state index is 13.1. The minimum absolute atomic E-state index is 0.00588. The molecule has 2 atom stereocenters. The van der Waals surface area contributed by atoms with Crippen molar-refractivity contribution >= 4 is 17.9 Å². The molecule has 0 aliphatic heterocycles. The molecule has 0 spiro atoms. The fraction of sp³-hybridized carbons (Fsp3) is 0.696. The van der Waals surface area contributed by atoms with Crippen LogP contribution in [-0.4, -0.2) is 38.4 Å². The van der Waals surface area contributed by atoms with Gasteiger partial charge in [-0.15, -0.1) is 11.8 Å². The molecule has 1 aromatic rings. The summed E-state index contributed by atoms with van der Waals surface area (Å²) in [5.41, 5.74) is 0.256. The van der Waals surface area contributed by atoms with Crippen molar-refractivity contribution in [2.75, 3.05) is 5.88 Å². The Bertz CT molecular complexity index is 578. The SMILES string of the molecule is CCCCC[C@@H]([C@H](O)c1ccccc1)N(CSC(C)(C)C)C(=O)OC(C)(C)C. The molecule has 0 aromatic heterocycles. The van der Waals surface area contributed by atoms with Gasteiger partial charge in [0.05, 0.1) is 18.0 Å². The van der Waals surface area contributed by atoms with Crippen molar-refractivity contribution in [1.29, 1.82) is 0 Å². The zero-order valence-electron chi connectivity index (χ0n) is 18.7. The second kappa shape index (κ2) is 11.1. The van der Waals surface area contributed by atoms with Gasteiger partial charge >= 0.3 is 6.09 Å². The lowest BCUT2D eigenvalue weighted by molar-refractivity contribution is -0.00270. The predicted molar refractivity (Wildman–Crippen MR) is 120 cm³/mol. The molecule has 1 rings (SSSR count). The molecule has 0 saturated heterocycles. The van der Waals surface area contributed by atoms with E-state index in [1.165, 1.54) is 0 Å². The first-order valence-electron chi connectivity index (χ1n) is 10.3. The molecule has 0 radical (unpaired) electrons. The summed E-state index contributed by atoms with van der Waals surface area (Å²) >= 11 is 1.69. The molecule has 0 heterocycles. The van der Waals surface area contributed by atoms with E-state index < -0.39 is 11.7 Å². The van der Waals surface area contributed by atoms with Crippen LogP contribution in [0.4, 0.5) is 4.79 Å². The first-order chi connectivity index (χ1) is 12.9. The summed E-state index contributed by atoms with van der Waals surface area (Å²) in [7, 11) is 0. The van der Waals surface area contributed by atoms with Crippen LogP contribution in [0.3, 0.4) is 0 Å². The second-order valence-corrected chi connectivity index (χ2v) is 11.0. The lowest BCUT2D eigenvalue weighted by Crippen LogP contribution is -2.46. The van der Waals surface area contributed by atoms with E-state index in [0.29, 0.717) is 5.88 Å². The number of aliphatic hydroxyl groups excluding tert-OH is 1. The van der Waals surface area contributed by atoms with Crippen LogP contribution in [0.2, 0.25) is 0 Å². The number of amides is 1. The molecule has 0 aliphatic rings. The lowest BCUT2D eigenvalue weighted by atomic mass is 9.96. The monoisotopic (exact) mass is 409 g/mol. The van der Waals surface area contributed by atoms with Gasteiger partial charge in [-0.1, -0.05) is 77.3 Å². The van der Waals surface area contributed by atoms with Gasteiger partial charge in [0.1, 0.15) is 5.60 Å². The normalized spacial score (nSPS) is 14.4. The minimum Gasteiger partial charge on any atom is -0.444 e. The summed E-state index contributed by atoms with van der Waals surface area (Å²) in [5.74, 6) is 0.485. The highest BCUT2D eigenvalue weighted by atomic mass is 32.2. The van der Waals surface area contributed by atoms with Gasteiger partial charge in [-0.3, -0.25) is 4.90 Å². The van der Waals surface area contributed by atoms with E-state index in [-0.39, 0.29) is 16.9 Å². The molecule has 1 N–H and O–H groups in total. The van der Waals surface area contributed by atoms with E-state index in [4.69, 9.17) is 4.74 Å². The molecular formula is C23H39NO3S. The molecule has 28 heavy (non-hydrogen) atoms. The number of unbranched alkanes of at least 4 members (excludes halogenated alkanes) is 2. The van der Waals surface area contributed by atoms with Gasteiger partial charge in [-0.2, -0.15) is 0 Å². The molecule has 0 unspecified atom stereocenters. The number of benzene rings is 1. The van der Waals surface area contributed by atoms with Crippen molar-refractivity contribution in [3.05, 3.63) is 35.9 Å². The Kier molecular flexibility index (Phi) is 9.85. The number of nitrogens with zero attached hydrogens (tertiary/aromatic N) is 1. The van der Waals surface area contributed by atoms with Crippen LogP contribution in [0.1, 0.15) is 85.8 Å². The number of hydrogen-bond acceptors (Lipinski definition) is 4. The van der Waals surface area contributed by atoms with Gasteiger partial charge < -0.3 is 9.84 Å². The third kappa shape index (κ3) is 9.33. The van der Waals surface area contributed by atoms with Gasteiger partial charge in [-0.05, 0) is 32.8 Å². The van der Waals surface area contributed by atoms with E-state index in [9.17, 15) is 9.90 Å². The number of rotatable bonds is 9. The highest BCUT2D eigenvalue weighted by Gasteiger charge is 2.34. The van der Waals surface area contributed by atoms with Crippen LogP contribution in [-0.2, 0) is 4.74 Å². The third-order valence-corrected chi connectivity index (χ3v) is 5.55. The summed E-state index contributed by atoms with van der Waals surface area (Å²) in [5, 5.41) is 11.2. The Morgan fingerprint density at radius 3 is 2.21 bits per heavy atom. The summed E-state index contributed by atoms with van der Waals surface area (Å²) in [6, 6.07) is 9.29. The van der Waals surface area contributed by atoms with Crippen LogP contribution >= 0.6 is 11.8 Å². The Hall–Kier alpha value is -1.20. The van der Waals surface area contributed by atoms with E-state index in [1.807, 2.05) is 51.1 Å². The molecule has 5 heteroatoms. The second-order valence-electron chi connectivity index (χ2n) is 9.25. The summed E-state index contributed by atoms with van der Waals surface area (Å²) < 4.78 is 5.71. The van der Waals surface area contributed by atoms with Crippen molar-refractivity contribution in [1.82, 2.24) is 4.90 Å². The largest absolute Gasteiger partial charge is 0.444 e. The average Bonchev–Trinajstić information content (AvgIpc) is 2.58. The van der Waals surface area contributed by atoms with Crippen molar-refractivity contribution in [2.24, 2.45) is 0 Å². The molecule has 0 bridgehead atoms. The first-order valence-corrected chi connectivity index (χ1v) is 11.3. The predicted octanol–water partition coefficient (Wildman–Crippen LogP) is 6.40. The van der Waals surface area contributed by atoms with Gasteiger partial charge in [0.2, 0.25) is 0 Å². The highest BCUT2D eigenvalue weighted by Crippen LogP contribution is 2.31. The Balaban J connectivity index is 3.16. The number of thioether (sulfide) groups is 1. The van der Waals surface area contributed by atoms with Crippen molar-refractivity contribution in [2.45, 2.75) is 96.6 Å². The Morgan fingerprint density at radius 1 is 1.11 bits per heavy atom. The number of carbonyl (C=O) groups is 1. The minimum atomic E-state index is -0.744. The zero-order valence-corrected chi connectivity index (χ0v) is 19.5.